The maximum absolute atomic E-state index is 11.1. The zero-order valence-corrected chi connectivity index (χ0v) is 17.3. The van der Waals surface area contributed by atoms with Crippen molar-refractivity contribution in [1.82, 2.24) is 5.48 Å². The molecule has 2 bridgehead atoms. The standard InChI is InChI=1S/C20H37NO4S/c1-3-4-5-12-26-13-11-16-17(19-10-9-18(16)25-19)14-24-15(2)7-6-8-20(22)21-23/h15-19,23H,3-14H2,1-2H3,(H,21,22). The number of ether oxygens (including phenoxy) is 2. The Morgan fingerprint density at radius 3 is 2.73 bits per heavy atom. The summed E-state index contributed by atoms with van der Waals surface area (Å²) in [5.74, 6) is 3.39. The number of unbranched alkanes of at least 4 members (excludes halogenated alkanes) is 2. The van der Waals surface area contributed by atoms with Crippen LogP contribution in [0.25, 0.3) is 0 Å². The molecule has 0 aromatic carbocycles. The molecule has 0 aliphatic carbocycles. The third kappa shape index (κ3) is 7.02. The molecular weight excluding hydrogens is 350 g/mol. The molecule has 152 valence electrons. The van der Waals surface area contributed by atoms with Crippen LogP contribution < -0.4 is 5.48 Å². The third-order valence-corrected chi connectivity index (χ3v) is 6.89. The lowest BCUT2D eigenvalue weighted by molar-refractivity contribution is -0.129. The molecule has 2 saturated heterocycles. The van der Waals surface area contributed by atoms with Crippen LogP contribution in [0.3, 0.4) is 0 Å². The number of hydrogen-bond acceptors (Lipinski definition) is 5. The summed E-state index contributed by atoms with van der Waals surface area (Å²) in [4.78, 5) is 11.1. The van der Waals surface area contributed by atoms with Crippen molar-refractivity contribution in [1.29, 1.82) is 0 Å². The number of thioether (sulfide) groups is 1. The molecule has 0 saturated carbocycles. The maximum atomic E-state index is 11.1. The number of carbonyl (C=O) groups excluding carboxylic acids is 1. The lowest BCUT2D eigenvalue weighted by Crippen LogP contribution is -2.32. The highest BCUT2D eigenvalue weighted by Gasteiger charge is 2.48. The Bertz CT molecular complexity index is 409. The lowest BCUT2D eigenvalue weighted by atomic mass is 9.78. The summed E-state index contributed by atoms with van der Waals surface area (Å²) in [5, 5.41) is 8.52. The van der Waals surface area contributed by atoms with Gasteiger partial charge in [-0.1, -0.05) is 19.8 Å². The van der Waals surface area contributed by atoms with E-state index in [0.29, 0.717) is 30.5 Å². The lowest BCUT2D eigenvalue weighted by Gasteiger charge is -2.29. The SMILES string of the molecule is CCCCCSCCC1C2CCC(O2)C1COC(C)CCCC(=O)NO. The molecule has 0 aromatic rings. The van der Waals surface area contributed by atoms with Crippen LogP contribution in [0.5, 0.6) is 0 Å². The van der Waals surface area contributed by atoms with E-state index in [1.807, 2.05) is 0 Å². The average molecular weight is 388 g/mol. The molecule has 5 unspecified atom stereocenters. The predicted molar refractivity (Wildman–Crippen MR) is 106 cm³/mol. The number of carbonyl (C=O) groups is 1. The van der Waals surface area contributed by atoms with Crippen LogP contribution in [-0.2, 0) is 14.3 Å². The van der Waals surface area contributed by atoms with Gasteiger partial charge >= 0.3 is 0 Å². The second-order valence-corrected chi connectivity index (χ2v) is 9.02. The van der Waals surface area contributed by atoms with Gasteiger partial charge < -0.3 is 9.47 Å². The monoisotopic (exact) mass is 387 g/mol. The minimum Gasteiger partial charge on any atom is -0.378 e. The summed E-state index contributed by atoms with van der Waals surface area (Å²) in [6.45, 7) is 5.10. The summed E-state index contributed by atoms with van der Waals surface area (Å²) in [6.07, 6.45) is 10.5. The largest absolute Gasteiger partial charge is 0.378 e. The van der Waals surface area contributed by atoms with E-state index < -0.39 is 0 Å². The van der Waals surface area contributed by atoms with E-state index in [4.69, 9.17) is 14.7 Å². The van der Waals surface area contributed by atoms with Crippen LogP contribution in [0.2, 0.25) is 0 Å². The van der Waals surface area contributed by atoms with Gasteiger partial charge in [-0.15, -0.1) is 0 Å². The van der Waals surface area contributed by atoms with Gasteiger partial charge in [0.05, 0.1) is 24.9 Å². The van der Waals surface area contributed by atoms with Crippen molar-refractivity contribution < 1.29 is 19.5 Å². The van der Waals surface area contributed by atoms with Crippen molar-refractivity contribution in [3.8, 4) is 0 Å². The molecule has 1 amide bonds. The maximum Gasteiger partial charge on any atom is 0.243 e. The molecule has 2 rings (SSSR count). The van der Waals surface area contributed by atoms with Crippen LogP contribution in [0.1, 0.15) is 71.6 Å². The van der Waals surface area contributed by atoms with Gasteiger partial charge in [0, 0.05) is 12.3 Å². The van der Waals surface area contributed by atoms with E-state index >= 15 is 0 Å². The van der Waals surface area contributed by atoms with Crippen molar-refractivity contribution >= 4 is 17.7 Å². The van der Waals surface area contributed by atoms with E-state index in [2.05, 4.69) is 25.6 Å². The number of fused-ring (bicyclic) bond motifs is 2. The van der Waals surface area contributed by atoms with Crippen molar-refractivity contribution in [2.75, 3.05) is 18.1 Å². The Morgan fingerprint density at radius 2 is 2.00 bits per heavy atom. The van der Waals surface area contributed by atoms with Gasteiger partial charge in [0.15, 0.2) is 0 Å². The molecule has 2 aliphatic rings. The zero-order valence-electron chi connectivity index (χ0n) is 16.5. The highest BCUT2D eigenvalue weighted by Crippen LogP contribution is 2.45. The molecule has 6 heteroatoms. The smallest absolute Gasteiger partial charge is 0.243 e. The summed E-state index contributed by atoms with van der Waals surface area (Å²) in [5.41, 5.74) is 1.68. The minimum absolute atomic E-state index is 0.143. The number of rotatable bonds is 14. The molecule has 5 atom stereocenters. The number of amides is 1. The Kier molecular flexibility index (Phi) is 10.3. The van der Waals surface area contributed by atoms with E-state index in [1.165, 1.54) is 50.0 Å². The van der Waals surface area contributed by atoms with Crippen molar-refractivity contribution in [2.45, 2.75) is 89.9 Å². The number of hydrogen-bond donors (Lipinski definition) is 2. The van der Waals surface area contributed by atoms with Gasteiger partial charge in [-0.25, -0.2) is 5.48 Å². The number of nitrogens with one attached hydrogen (secondary N) is 1. The predicted octanol–water partition coefficient (Wildman–Crippen LogP) is 4.17. The number of hydroxylamine groups is 1. The van der Waals surface area contributed by atoms with Crippen molar-refractivity contribution in [2.24, 2.45) is 11.8 Å². The summed E-state index contributed by atoms with van der Waals surface area (Å²) in [7, 11) is 0. The summed E-state index contributed by atoms with van der Waals surface area (Å²) < 4.78 is 12.3. The van der Waals surface area contributed by atoms with Crippen molar-refractivity contribution in [3.63, 3.8) is 0 Å². The van der Waals surface area contributed by atoms with Gasteiger partial charge in [-0.3, -0.25) is 10.0 Å². The van der Waals surface area contributed by atoms with Gasteiger partial charge in [-0.2, -0.15) is 11.8 Å². The van der Waals surface area contributed by atoms with Crippen LogP contribution in [-0.4, -0.2) is 47.5 Å². The molecule has 0 radical (unpaired) electrons. The van der Waals surface area contributed by atoms with E-state index in [9.17, 15) is 4.79 Å². The quantitative estimate of drug-likeness (QED) is 0.266. The Balaban J connectivity index is 1.65. The zero-order chi connectivity index (χ0) is 18.8. The van der Waals surface area contributed by atoms with Crippen molar-refractivity contribution in [3.05, 3.63) is 0 Å². The van der Waals surface area contributed by atoms with Gasteiger partial charge in [-0.05, 0) is 62.9 Å². The molecular formula is C20H37NO4S. The first-order valence-corrected chi connectivity index (χ1v) is 11.6. The Hall–Kier alpha value is -0.300. The summed E-state index contributed by atoms with van der Waals surface area (Å²) >= 11 is 2.10. The first kappa shape index (κ1) is 22.0. The molecule has 2 aliphatic heterocycles. The molecule has 2 fully saturated rings. The van der Waals surface area contributed by atoms with Gasteiger partial charge in [0.25, 0.3) is 0 Å². The Labute approximate surface area is 162 Å². The first-order valence-electron chi connectivity index (χ1n) is 10.4. The van der Waals surface area contributed by atoms with Gasteiger partial charge in [0.1, 0.15) is 0 Å². The minimum atomic E-state index is -0.324. The molecule has 26 heavy (non-hydrogen) atoms. The van der Waals surface area contributed by atoms with E-state index in [-0.39, 0.29) is 12.0 Å². The van der Waals surface area contributed by atoms with Crippen LogP contribution in [0, 0.1) is 11.8 Å². The molecule has 0 aromatic heterocycles. The summed E-state index contributed by atoms with van der Waals surface area (Å²) in [6, 6.07) is 0. The van der Waals surface area contributed by atoms with E-state index in [0.717, 1.165) is 19.4 Å². The van der Waals surface area contributed by atoms with E-state index in [1.54, 1.807) is 5.48 Å². The fourth-order valence-corrected chi connectivity index (χ4v) is 5.29. The van der Waals surface area contributed by atoms with Crippen LogP contribution >= 0.6 is 11.8 Å². The molecule has 2 N–H and O–H groups in total. The Morgan fingerprint density at radius 1 is 1.23 bits per heavy atom. The topological polar surface area (TPSA) is 67.8 Å². The second kappa shape index (κ2) is 12.2. The molecule has 5 nitrogen and oxygen atoms in total. The average Bonchev–Trinajstić information content (AvgIpc) is 3.24. The highest BCUT2D eigenvalue weighted by atomic mass is 32.2. The van der Waals surface area contributed by atoms with Crippen LogP contribution in [0.15, 0.2) is 0 Å². The first-order chi connectivity index (χ1) is 12.7. The fraction of sp³-hybridized carbons (Fsp3) is 0.950. The fourth-order valence-electron chi connectivity index (χ4n) is 4.24. The van der Waals surface area contributed by atoms with Gasteiger partial charge in [0.2, 0.25) is 5.91 Å². The second-order valence-electron chi connectivity index (χ2n) is 7.80. The molecule has 2 heterocycles. The third-order valence-electron chi connectivity index (χ3n) is 5.79. The highest BCUT2D eigenvalue weighted by molar-refractivity contribution is 7.99. The molecule has 0 spiro atoms. The van der Waals surface area contributed by atoms with Crippen LogP contribution in [0.4, 0.5) is 0 Å². The normalized spacial score (nSPS) is 28.4.